The van der Waals surface area contributed by atoms with Gasteiger partial charge >= 0.3 is 0 Å². The Hall–Kier alpha value is -2.07. The Balaban J connectivity index is 0.00000264. The minimum absolute atomic E-state index is 0. The predicted octanol–water partition coefficient (Wildman–Crippen LogP) is 4.86. The lowest BCUT2D eigenvalue weighted by Gasteiger charge is -2.22. The molecule has 0 fully saturated rings. The summed E-state index contributed by atoms with van der Waals surface area (Å²) in [6.45, 7) is 4.11. The zero-order chi connectivity index (χ0) is 16.1. The Morgan fingerprint density at radius 1 is 1.09 bits per heavy atom. The van der Waals surface area contributed by atoms with Gasteiger partial charge in [0.2, 0.25) is 0 Å². The molecule has 0 unspecified atom stereocenters. The van der Waals surface area contributed by atoms with Crippen molar-refractivity contribution in [3.05, 3.63) is 59.4 Å². The van der Waals surface area contributed by atoms with Crippen molar-refractivity contribution in [1.29, 1.82) is 5.41 Å². The van der Waals surface area contributed by atoms with Crippen LogP contribution in [-0.4, -0.2) is 13.0 Å². The fourth-order valence-corrected chi connectivity index (χ4v) is 2.21. The van der Waals surface area contributed by atoms with Crippen molar-refractivity contribution in [2.45, 2.75) is 26.7 Å². The Bertz CT molecular complexity index is 673. The van der Waals surface area contributed by atoms with E-state index in [2.05, 4.69) is 18.3 Å². The summed E-state index contributed by atoms with van der Waals surface area (Å²) in [5, 5.41) is 11.0. The Morgan fingerprint density at radius 2 is 1.74 bits per heavy atom. The zero-order valence-electron chi connectivity index (χ0n) is 13.7. The lowest BCUT2D eigenvalue weighted by molar-refractivity contribution is 0.631. The molecule has 2 rings (SSSR count). The monoisotopic (exact) mass is 335 g/mol. The largest absolute Gasteiger partial charge is 0.324 e. The van der Waals surface area contributed by atoms with Crippen LogP contribution >= 0.6 is 12.4 Å². The van der Waals surface area contributed by atoms with Gasteiger partial charge in [-0.2, -0.15) is 0 Å². The van der Waals surface area contributed by atoms with Crippen molar-refractivity contribution in [2.75, 3.05) is 17.3 Å². The van der Waals surface area contributed by atoms with Gasteiger partial charge in [-0.15, -0.1) is 12.4 Å². The molecule has 0 atom stereocenters. The molecule has 0 heterocycles. The summed E-state index contributed by atoms with van der Waals surface area (Å²) in [7, 11) is 1.80. The van der Waals surface area contributed by atoms with Gasteiger partial charge in [0.25, 0.3) is 0 Å². The fraction of sp³-hybridized carbons (Fsp3) is 0.278. The van der Waals surface area contributed by atoms with E-state index < -0.39 is 0 Å². The summed E-state index contributed by atoms with van der Waals surface area (Å²) < 4.78 is 13.9. The van der Waals surface area contributed by atoms with E-state index in [9.17, 15) is 4.39 Å². The normalized spacial score (nSPS) is 9.91. The van der Waals surface area contributed by atoms with Crippen molar-refractivity contribution in [1.82, 2.24) is 0 Å². The first kappa shape index (κ1) is 19.0. The molecular formula is C18H23ClFN3. The molecule has 0 aliphatic rings. The first-order valence-corrected chi connectivity index (χ1v) is 7.51. The van der Waals surface area contributed by atoms with E-state index in [1.807, 2.05) is 25.1 Å². The summed E-state index contributed by atoms with van der Waals surface area (Å²) in [5.74, 6) is -0.210. The van der Waals surface area contributed by atoms with Gasteiger partial charge in [0.05, 0.1) is 5.69 Å². The quantitative estimate of drug-likeness (QED) is 0.619. The first-order valence-electron chi connectivity index (χ1n) is 7.51. The second-order valence-electron chi connectivity index (χ2n) is 5.22. The average Bonchev–Trinajstić information content (AvgIpc) is 2.56. The number of benzene rings is 2. The summed E-state index contributed by atoms with van der Waals surface area (Å²) in [5.41, 5.74) is 3.48. The summed E-state index contributed by atoms with van der Waals surface area (Å²) in [4.78, 5) is 1.71. The molecule has 0 aromatic heterocycles. The van der Waals surface area contributed by atoms with E-state index in [0.29, 0.717) is 5.69 Å². The van der Waals surface area contributed by atoms with Crippen molar-refractivity contribution in [2.24, 2.45) is 0 Å². The number of guanidine groups is 1. The molecule has 0 amide bonds. The van der Waals surface area contributed by atoms with Crippen LogP contribution in [0.4, 0.5) is 15.8 Å². The molecular weight excluding hydrogens is 313 g/mol. The van der Waals surface area contributed by atoms with E-state index in [1.165, 1.54) is 11.6 Å². The van der Waals surface area contributed by atoms with Crippen LogP contribution in [-0.2, 0) is 12.8 Å². The molecule has 0 aliphatic heterocycles. The number of hydrogen-bond donors (Lipinski definition) is 2. The van der Waals surface area contributed by atoms with Crippen LogP contribution in [0.1, 0.15) is 25.0 Å². The molecule has 2 aromatic rings. The van der Waals surface area contributed by atoms with E-state index in [1.54, 1.807) is 24.1 Å². The average molecular weight is 336 g/mol. The highest BCUT2D eigenvalue weighted by Gasteiger charge is 2.10. The van der Waals surface area contributed by atoms with E-state index in [-0.39, 0.29) is 24.2 Å². The first-order chi connectivity index (χ1) is 10.5. The van der Waals surface area contributed by atoms with Crippen LogP contribution in [0, 0.1) is 11.2 Å². The SMILES string of the molecule is CCc1cccc(N(C)C(=N)Nc2cc(CC)ccc2F)c1.Cl. The topological polar surface area (TPSA) is 39.1 Å². The molecule has 0 bridgehead atoms. The Kier molecular flexibility index (Phi) is 7.04. The van der Waals surface area contributed by atoms with Crippen molar-refractivity contribution >= 4 is 29.7 Å². The fourth-order valence-electron chi connectivity index (χ4n) is 2.21. The van der Waals surface area contributed by atoms with Crippen molar-refractivity contribution in [3.8, 4) is 0 Å². The Morgan fingerprint density at radius 3 is 2.39 bits per heavy atom. The third-order valence-electron chi connectivity index (χ3n) is 3.73. The van der Waals surface area contributed by atoms with Crippen LogP contribution < -0.4 is 10.2 Å². The van der Waals surface area contributed by atoms with Crippen LogP contribution in [0.15, 0.2) is 42.5 Å². The highest BCUT2D eigenvalue weighted by Crippen LogP contribution is 2.19. The molecule has 0 spiro atoms. The number of anilines is 2. The van der Waals surface area contributed by atoms with Crippen LogP contribution in [0.3, 0.4) is 0 Å². The van der Waals surface area contributed by atoms with Crippen LogP contribution in [0.25, 0.3) is 0 Å². The molecule has 0 saturated heterocycles. The number of rotatable bonds is 4. The summed E-state index contributed by atoms with van der Waals surface area (Å²) in [6.07, 6.45) is 1.77. The third-order valence-corrected chi connectivity index (χ3v) is 3.73. The van der Waals surface area contributed by atoms with Crippen molar-refractivity contribution < 1.29 is 4.39 Å². The van der Waals surface area contributed by atoms with E-state index >= 15 is 0 Å². The zero-order valence-corrected chi connectivity index (χ0v) is 14.5. The minimum Gasteiger partial charge on any atom is -0.324 e. The van der Waals surface area contributed by atoms with Crippen LogP contribution in [0.5, 0.6) is 0 Å². The minimum atomic E-state index is -0.349. The standard InChI is InChI=1S/C18H22FN3.ClH/c1-4-13-7-6-8-15(11-13)22(3)18(20)21-17-12-14(5-2)9-10-16(17)19;/h6-12H,4-5H2,1-3H3,(H2,20,21);1H. The molecule has 0 saturated carbocycles. The maximum absolute atomic E-state index is 13.9. The van der Waals surface area contributed by atoms with E-state index in [4.69, 9.17) is 5.41 Å². The Labute approximate surface area is 143 Å². The third kappa shape index (κ3) is 4.70. The van der Waals surface area contributed by atoms with Gasteiger partial charge < -0.3 is 10.2 Å². The highest BCUT2D eigenvalue weighted by molar-refractivity contribution is 6.03. The molecule has 3 nitrogen and oxygen atoms in total. The molecule has 23 heavy (non-hydrogen) atoms. The highest BCUT2D eigenvalue weighted by atomic mass is 35.5. The van der Waals surface area contributed by atoms with Crippen LogP contribution in [0.2, 0.25) is 0 Å². The van der Waals surface area contributed by atoms with Gasteiger partial charge in [0.15, 0.2) is 5.96 Å². The predicted molar refractivity (Wildman–Crippen MR) is 98.6 cm³/mol. The number of aryl methyl sites for hydroxylation is 2. The molecule has 2 N–H and O–H groups in total. The second-order valence-corrected chi connectivity index (χ2v) is 5.22. The van der Waals surface area contributed by atoms with Gasteiger partial charge in [-0.3, -0.25) is 5.41 Å². The number of nitrogens with one attached hydrogen (secondary N) is 2. The number of halogens is 2. The number of nitrogens with zero attached hydrogens (tertiary/aromatic N) is 1. The second kappa shape index (κ2) is 8.53. The van der Waals surface area contributed by atoms with Gasteiger partial charge in [-0.1, -0.05) is 32.0 Å². The summed E-state index contributed by atoms with van der Waals surface area (Å²) >= 11 is 0. The lowest BCUT2D eigenvalue weighted by Crippen LogP contribution is -2.32. The molecule has 5 heteroatoms. The number of hydrogen-bond acceptors (Lipinski definition) is 1. The molecule has 0 radical (unpaired) electrons. The van der Waals surface area contributed by atoms with Gasteiger partial charge in [0.1, 0.15) is 5.82 Å². The van der Waals surface area contributed by atoms with Gasteiger partial charge in [-0.25, -0.2) is 4.39 Å². The maximum atomic E-state index is 13.9. The van der Waals surface area contributed by atoms with Gasteiger partial charge in [0, 0.05) is 12.7 Å². The van der Waals surface area contributed by atoms with E-state index in [0.717, 1.165) is 24.1 Å². The lowest BCUT2D eigenvalue weighted by atomic mass is 10.1. The molecule has 2 aromatic carbocycles. The molecule has 124 valence electrons. The smallest absolute Gasteiger partial charge is 0.199 e. The summed E-state index contributed by atoms with van der Waals surface area (Å²) in [6, 6.07) is 12.9. The van der Waals surface area contributed by atoms with Crippen molar-refractivity contribution in [3.63, 3.8) is 0 Å². The maximum Gasteiger partial charge on any atom is 0.199 e. The van der Waals surface area contributed by atoms with Gasteiger partial charge in [-0.05, 0) is 48.2 Å². The molecule has 0 aliphatic carbocycles.